The van der Waals surface area contributed by atoms with Gasteiger partial charge < -0.3 is 10.6 Å². The predicted molar refractivity (Wildman–Crippen MR) is 136 cm³/mol. The summed E-state index contributed by atoms with van der Waals surface area (Å²) in [4.78, 5) is 38.2. The van der Waals surface area contributed by atoms with Crippen LogP contribution in [0.5, 0.6) is 0 Å². The lowest BCUT2D eigenvalue weighted by Crippen LogP contribution is -2.36. The van der Waals surface area contributed by atoms with Crippen LogP contribution in [0.25, 0.3) is 10.9 Å². The highest BCUT2D eigenvalue weighted by molar-refractivity contribution is 9.10. The van der Waals surface area contributed by atoms with Gasteiger partial charge in [0.15, 0.2) is 0 Å². The van der Waals surface area contributed by atoms with Gasteiger partial charge in [-0.25, -0.2) is 4.68 Å². The molecule has 166 valence electrons. The van der Waals surface area contributed by atoms with Crippen LogP contribution >= 0.6 is 43.5 Å². The van der Waals surface area contributed by atoms with Gasteiger partial charge in [0.05, 0.1) is 16.2 Å². The van der Waals surface area contributed by atoms with Gasteiger partial charge in [0.2, 0.25) is 0 Å². The first-order chi connectivity index (χ1) is 15.8. The summed E-state index contributed by atoms with van der Waals surface area (Å²) in [6.07, 6.45) is 0. The molecule has 0 saturated heterocycles. The fourth-order valence-electron chi connectivity index (χ4n) is 3.11. The number of rotatable bonds is 4. The van der Waals surface area contributed by atoms with Gasteiger partial charge in [-0.3, -0.25) is 19.8 Å². The number of fused-ring (bicyclic) bond motifs is 1. The van der Waals surface area contributed by atoms with Crippen molar-refractivity contribution in [3.8, 4) is 0 Å². The van der Waals surface area contributed by atoms with Crippen LogP contribution in [-0.4, -0.2) is 22.4 Å². The molecule has 4 rings (SSSR count). The SMILES string of the molecule is O=C(Nc1ccc(Br)cc1Cl)C(=O)Nn1c(C(=O)Nc2ccccc2)cc2cc(Br)ccc21. The Morgan fingerprint density at radius 2 is 1.48 bits per heavy atom. The quantitative estimate of drug-likeness (QED) is 0.263. The minimum absolute atomic E-state index is 0.148. The number of halogens is 3. The molecule has 4 aromatic rings. The summed E-state index contributed by atoms with van der Waals surface area (Å²) < 4.78 is 2.82. The van der Waals surface area contributed by atoms with E-state index in [1.165, 1.54) is 4.68 Å². The average molecular weight is 591 g/mol. The molecule has 1 aromatic heterocycles. The maximum absolute atomic E-state index is 13.0. The minimum atomic E-state index is -0.969. The highest BCUT2D eigenvalue weighted by atomic mass is 79.9. The second-order valence-corrected chi connectivity index (χ2v) is 9.15. The zero-order valence-corrected chi connectivity index (χ0v) is 20.7. The number of carbonyl (C=O) groups excluding carboxylic acids is 3. The molecule has 1 heterocycles. The molecule has 0 fully saturated rings. The molecule has 10 heteroatoms. The Balaban J connectivity index is 1.62. The summed E-state index contributed by atoms with van der Waals surface area (Å²) >= 11 is 12.8. The van der Waals surface area contributed by atoms with Gasteiger partial charge in [-0.1, -0.05) is 61.7 Å². The number of nitrogens with one attached hydrogen (secondary N) is 3. The monoisotopic (exact) mass is 588 g/mol. The Labute approximate surface area is 210 Å². The maximum atomic E-state index is 13.0. The van der Waals surface area contributed by atoms with Crippen LogP contribution in [0.15, 0.2) is 81.7 Å². The molecule has 0 aliphatic rings. The molecule has 0 atom stereocenters. The van der Waals surface area contributed by atoms with E-state index in [1.54, 1.807) is 66.7 Å². The summed E-state index contributed by atoms with van der Waals surface area (Å²) in [5.41, 5.74) is 4.07. The van der Waals surface area contributed by atoms with Gasteiger partial charge >= 0.3 is 11.8 Å². The zero-order chi connectivity index (χ0) is 23.5. The summed E-state index contributed by atoms with van der Waals surface area (Å²) in [5, 5.41) is 6.22. The number of anilines is 2. The number of nitrogens with zero attached hydrogens (tertiary/aromatic N) is 1. The topological polar surface area (TPSA) is 92.2 Å². The number of aromatic nitrogens is 1. The zero-order valence-electron chi connectivity index (χ0n) is 16.7. The normalized spacial score (nSPS) is 10.6. The molecule has 0 aliphatic carbocycles. The van der Waals surface area contributed by atoms with Gasteiger partial charge in [-0.05, 0) is 54.6 Å². The van der Waals surface area contributed by atoms with Crippen LogP contribution in [0.2, 0.25) is 5.02 Å². The molecule has 0 bridgehead atoms. The van der Waals surface area contributed by atoms with Gasteiger partial charge in [0.25, 0.3) is 5.91 Å². The Hall–Kier alpha value is -3.14. The van der Waals surface area contributed by atoms with E-state index in [4.69, 9.17) is 11.6 Å². The number of hydrogen-bond donors (Lipinski definition) is 3. The van der Waals surface area contributed by atoms with E-state index in [0.717, 1.165) is 8.95 Å². The van der Waals surface area contributed by atoms with E-state index in [9.17, 15) is 14.4 Å². The third-order valence-electron chi connectivity index (χ3n) is 4.63. The fourth-order valence-corrected chi connectivity index (χ4v) is 4.21. The standard InChI is InChI=1S/C23H15Br2ClN4O3/c24-14-7-9-19-13(10-14)11-20(21(31)27-16-4-2-1-3-5-16)30(19)29-23(33)22(32)28-18-8-6-15(25)12-17(18)26/h1-12H,(H,27,31)(H,28,32)(H,29,33). The number of carbonyl (C=O) groups is 3. The van der Waals surface area contributed by atoms with Crippen molar-refractivity contribution in [3.05, 3.63) is 92.5 Å². The van der Waals surface area contributed by atoms with Crippen molar-refractivity contribution in [1.82, 2.24) is 4.68 Å². The first kappa shape index (κ1) is 23.0. The highest BCUT2D eigenvalue weighted by Gasteiger charge is 2.21. The van der Waals surface area contributed by atoms with E-state index in [0.29, 0.717) is 16.6 Å². The van der Waals surface area contributed by atoms with Crippen LogP contribution in [0.1, 0.15) is 10.5 Å². The van der Waals surface area contributed by atoms with Crippen molar-refractivity contribution in [2.45, 2.75) is 0 Å². The molecule has 0 aliphatic heterocycles. The summed E-state index contributed by atoms with van der Waals surface area (Å²) in [5.74, 6) is -2.36. The van der Waals surface area contributed by atoms with Crippen molar-refractivity contribution in [2.24, 2.45) is 0 Å². The Morgan fingerprint density at radius 1 is 0.788 bits per heavy atom. The summed E-state index contributed by atoms with van der Waals surface area (Å²) in [7, 11) is 0. The van der Waals surface area contributed by atoms with Crippen molar-refractivity contribution in [1.29, 1.82) is 0 Å². The van der Waals surface area contributed by atoms with Crippen LogP contribution in [0, 0.1) is 0 Å². The van der Waals surface area contributed by atoms with E-state index < -0.39 is 17.7 Å². The van der Waals surface area contributed by atoms with Crippen LogP contribution in [0.3, 0.4) is 0 Å². The molecule has 0 radical (unpaired) electrons. The number of benzene rings is 3. The summed E-state index contributed by atoms with van der Waals surface area (Å²) in [6, 6.07) is 20.7. The molecule has 0 saturated carbocycles. The van der Waals surface area contributed by atoms with E-state index in [2.05, 4.69) is 47.9 Å². The smallest absolute Gasteiger partial charge is 0.321 e. The van der Waals surface area contributed by atoms with Gasteiger partial charge in [-0.2, -0.15) is 0 Å². The third-order valence-corrected chi connectivity index (χ3v) is 5.93. The lowest BCUT2D eigenvalue weighted by atomic mass is 10.2. The van der Waals surface area contributed by atoms with E-state index in [-0.39, 0.29) is 16.4 Å². The largest absolute Gasteiger partial charge is 0.328 e. The molecule has 0 unspecified atom stereocenters. The second-order valence-electron chi connectivity index (χ2n) is 6.91. The van der Waals surface area contributed by atoms with Crippen molar-refractivity contribution in [3.63, 3.8) is 0 Å². The van der Waals surface area contributed by atoms with Crippen LogP contribution in [0.4, 0.5) is 11.4 Å². The Morgan fingerprint density at radius 3 is 2.21 bits per heavy atom. The van der Waals surface area contributed by atoms with Crippen molar-refractivity contribution >= 4 is 83.5 Å². The van der Waals surface area contributed by atoms with Gasteiger partial charge in [0, 0.05) is 20.0 Å². The van der Waals surface area contributed by atoms with Crippen molar-refractivity contribution in [2.75, 3.05) is 16.1 Å². The average Bonchev–Trinajstić information content (AvgIpc) is 3.13. The van der Waals surface area contributed by atoms with Crippen LogP contribution in [-0.2, 0) is 9.59 Å². The first-order valence-electron chi connectivity index (χ1n) is 9.56. The number of para-hydroxylation sites is 1. The Kier molecular flexibility index (Phi) is 6.83. The molecule has 3 N–H and O–H groups in total. The minimum Gasteiger partial charge on any atom is -0.321 e. The maximum Gasteiger partial charge on any atom is 0.328 e. The molecule has 3 aromatic carbocycles. The summed E-state index contributed by atoms with van der Waals surface area (Å²) in [6.45, 7) is 0. The molecule has 7 nitrogen and oxygen atoms in total. The fraction of sp³-hybridized carbons (Fsp3) is 0. The molecule has 33 heavy (non-hydrogen) atoms. The first-order valence-corrected chi connectivity index (χ1v) is 11.5. The second kappa shape index (κ2) is 9.78. The molecular formula is C23H15Br2ClN4O3. The third kappa shape index (κ3) is 5.27. The molecular weight excluding hydrogens is 576 g/mol. The number of amides is 3. The lowest BCUT2D eigenvalue weighted by molar-refractivity contribution is -0.133. The van der Waals surface area contributed by atoms with Gasteiger partial charge in [-0.15, -0.1) is 0 Å². The van der Waals surface area contributed by atoms with E-state index in [1.807, 2.05) is 6.07 Å². The Bertz CT molecular complexity index is 1390. The lowest BCUT2D eigenvalue weighted by Gasteiger charge is -2.13. The predicted octanol–water partition coefficient (Wildman–Crippen LogP) is 5.78. The highest BCUT2D eigenvalue weighted by Crippen LogP contribution is 2.26. The van der Waals surface area contributed by atoms with Crippen LogP contribution < -0.4 is 16.1 Å². The molecule has 0 spiro atoms. The van der Waals surface area contributed by atoms with Crippen molar-refractivity contribution < 1.29 is 14.4 Å². The number of hydrogen-bond acceptors (Lipinski definition) is 3. The van der Waals surface area contributed by atoms with Gasteiger partial charge in [0.1, 0.15) is 5.69 Å². The molecule has 3 amide bonds. The van der Waals surface area contributed by atoms with E-state index >= 15 is 0 Å².